The molecule has 0 fully saturated rings. The minimum Gasteiger partial charge on any atom is -0.367 e. The Bertz CT molecular complexity index is 1240. The monoisotopic (exact) mass is 490 g/mol. The summed E-state index contributed by atoms with van der Waals surface area (Å²) in [7, 11) is 0. The summed E-state index contributed by atoms with van der Waals surface area (Å²) in [5, 5.41) is 12.4. The fourth-order valence-corrected chi connectivity index (χ4v) is 4.42. The summed E-state index contributed by atoms with van der Waals surface area (Å²) in [6, 6.07) is 23.8. The summed E-state index contributed by atoms with van der Waals surface area (Å²) in [5.41, 5.74) is 4.03. The molecule has 6 nitrogen and oxygen atoms in total. The smallest absolute Gasteiger partial charge is 0.246 e. The molecule has 0 spiro atoms. The lowest BCUT2D eigenvalue weighted by atomic mass is 10.2. The molecule has 4 rings (SSSR count). The molecule has 1 atom stereocenters. The van der Waals surface area contributed by atoms with E-state index in [1.165, 1.54) is 23.9 Å². The van der Waals surface area contributed by atoms with Gasteiger partial charge in [-0.2, -0.15) is 0 Å². The maximum Gasteiger partial charge on any atom is 0.246 e. The van der Waals surface area contributed by atoms with Gasteiger partial charge in [-0.25, -0.2) is 4.39 Å². The van der Waals surface area contributed by atoms with Gasteiger partial charge < -0.3 is 10.1 Å². The van der Waals surface area contributed by atoms with Crippen molar-refractivity contribution < 1.29 is 13.9 Å². The summed E-state index contributed by atoms with van der Waals surface area (Å²) < 4.78 is 20.8. The quantitative estimate of drug-likeness (QED) is 0.302. The third kappa shape index (κ3) is 6.77. The molecule has 180 valence electrons. The number of aryl methyl sites for hydroxylation is 1. The molecule has 1 unspecified atom stereocenters. The number of benzene rings is 3. The van der Waals surface area contributed by atoms with Crippen LogP contribution in [0.2, 0.25) is 0 Å². The Morgan fingerprint density at radius 1 is 1.00 bits per heavy atom. The highest BCUT2D eigenvalue weighted by Gasteiger charge is 2.21. The van der Waals surface area contributed by atoms with Gasteiger partial charge in [0.15, 0.2) is 11.0 Å². The number of thioether (sulfide) groups is 1. The topological polar surface area (TPSA) is 69.0 Å². The van der Waals surface area contributed by atoms with Crippen LogP contribution in [0.5, 0.6) is 0 Å². The highest BCUT2D eigenvalue weighted by molar-refractivity contribution is 7.98. The molecule has 1 amide bonds. The molecule has 0 saturated carbocycles. The lowest BCUT2D eigenvalue weighted by molar-refractivity contribution is -0.126. The lowest BCUT2D eigenvalue weighted by Crippen LogP contribution is -2.31. The first-order valence-electron chi connectivity index (χ1n) is 11.3. The van der Waals surface area contributed by atoms with Crippen molar-refractivity contribution in [1.29, 1.82) is 0 Å². The third-order valence-electron chi connectivity index (χ3n) is 5.34. The van der Waals surface area contributed by atoms with Gasteiger partial charge in [-0.05, 0) is 49.2 Å². The molecule has 0 bridgehead atoms. The van der Waals surface area contributed by atoms with E-state index < -0.39 is 6.04 Å². The number of ether oxygens (including phenoxy) is 1. The first-order valence-corrected chi connectivity index (χ1v) is 12.3. The highest BCUT2D eigenvalue weighted by Crippen LogP contribution is 2.28. The highest BCUT2D eigenvalue weighted by atomic mass is 32.2. The van der Waals surface area contributed by atoms with Crippen LogP contribution in [0, 0.1) is 12.7 Å². The van der Waals surface area contributed by atoms with Crippen molar-refractivity contribution in [2.45, 2.75) is 37.4 Å². The maximum absolute atomic E-state index is 13.3. The summed E-state index contributed by atoms with van der Waals surface area (Å²) in [6.45, 7) is 4.22. The number of hydrogen-bond acceptors (Lipinski definition) is 5. The molecule has 3 aromatic carbocycles. The van der Waals surface area contributed by atoms with Crippen LogP contribution in [-0.2, 0) is 21.9 Å². The van der Waals surface area contributed by atoms with Crippen LogP contribution in [-0.4, -0.2) is 27.3 Å². The minimum atomic E-state index is -0.392. The van der Waals surface area contributed by atoms with Crippen LogP contribution < -0.4 is 5.32 Å². The Hall–Kier alpha value is -3.49. The van der Waals surface area contributed by atoms with Gasteiger partial charge in [-0.3, -0.25) is 9.36 Å². The average Bonchev–Trinajstić information content (AvgIpc) is 3.29. The maximum atomic E-state index is 13.3. The normalized spacial score (nSPS) is 11.9. The van der Waals surface area contributed by atoms with Gasteiger partial charge in [0.1, 0.15) is 12.4 Å². The van der Waals surface area contributed by atoms with E-state index in [0.717, 1.165) is 22.4 Å². The van der Waals surface area contributed by atoms with Crippen molar-refractivity contribution in [2.24, 2.45) is 0 Å². The second kappa shape index (κ2) is 11.8. The van der Waals surface area contributed by atoms with Crippen LogP contribution in [0.15, 0.2) is 84.0 Å². The van der Waals surface area contributed by atoms with Gasteiger partial charge in [0, 0.05) is 11.4 Å². The molecule has 8 heteroatoms. The second-order valence-corrected chi connectivity index (χ2v) is 9.14. The predicted octanol–water partition coefficient (Wildman–Crippen LogP) is 5.40. The number of hydrogen-bond donors (Lipinski definition) is 1. The molecule has 35 heavy (non-hydrogen) atoms. The van der Waals surface area contributed by atoms with Crippen molar-refractivity contribution in [2.75, 3.05) is 6.61 Å². The molecule has 0 saturated heterocycles. The summed E-state index contributed by atoms with van der Waals surface area (Å²) in [4.78, 5) is 12.5. The fraction of sp³-hybridized carbons (Fsp3) is 0.222. The zero-order valence-electron chi connectivity index (χ0n) is 19.6. The Labute approximate surface area is 208 Å². The number of rotatable bonds is 10. The summed E-state index contributed by atoms with van der Waals surface area (Å²) >= 11 is 1.50. The van der Waals surface area contributed by atoms with Crippen LogP contribution in [0.1, 0.15) is 35.5 Å². The number of carbonyl (C=O) groups is 1. The molecule has 0 aliphatic heterocycles. The van der Waals surface area contributed by atoms with E-state index in [0.29, 0.717) is 23.3 Å². The van der Waals surface area contributed by atoms with Crippen LogP contribution in [0.4, 0.5) is 4.39 Å². The fourth-order valence-electron chi connectivity index (χ4n) is 3.50. The summed E-state index contributed by atoms with van der Waals surface area (Å²) in [5.74, 6) is 0.735. The Balaban J connectivity index is 1.46. The van der Waals surface area contributed by atoms with Crippen molar-refractivity contribution >= 4 is 17.7 Å². The first kappa shape index (κ1) is 24.6. The number of nitrogens with one attached hydrogen (secondary N) is 1. The SMILES string of the molecule is Cc1ccc(-n2c(SCc3ccc(F)cc3)nnc2C(C)NC(=O)COCc2ccccc2)cc1. The van der Waals surface area contributed by atoms with Crippen LogP contribution in [0.3, 0.4) is 0 Å². The van der Waals surface area contributed by atoms with Gasteiger partial charge in [0.2, 0.25) is 5.91 Å². The van der Waals surface area contributed by atoms with E-state index in [9.17, 15) is 9.18 Å². The van der Waals surface area contributed by atoms with Gasteiger partial charge in [-0.15, -0.1) is 10.2 Å². The van der Waals surface area contributed by atoms with E-state index in [1.54, 1.807) is 12.1 Å². The van der Waals surface area contributed by atoms with E-state index >= 15 is 0 Å². The van der Waals surface area contributed by atoms with E-state index in [4.69, 9.17) is 4.74 Å². The molecular formula is C27H27FN4O2S. The van der Waals surface area contributed by atoms with Crippen molar-refractivity contribution in [3.8, 4) is 5.69 Å². The van der Waals surface area contributed by atoms with Crippen LogP contribution in [0.25, 0.3) is 5.69 Å². The molecule has 4 aromatic rings. The molecule has 0 radical (unpaired) electrons. The van der Waals surface area contributed by atoms with Gasteiger partial charge in [0.05, 0.1) is 12.6 Å². The first-order chi connectivity index (χ1) is 17.0. The number of nitrogens with zero attached hydrogens (tertiary/aromatic N) is 3. The molecular weight excluding hydrogens is 463 g/mol. The minimum absolute atomic E-state index is 0.0515. The largest absolute Gasteiger partial charge is 0.367 e. The second-order valence-electron chi connectivity index (χ2n) is 8.19. The van der Waals surface area contributed by atoms with Crippen molar-refractivity contribution in [1.82, 2.24) is 20.1 Å². The zero-order valence-corrected chi connectivity index (χ0v) is 20.5. The number of amides is 1. The van der Waals surface area contributed by atoms with Crippen molar-refractivity contribution in [3.63, 3.8) is 0 Å². The van der Waals surface area contributed by atoms with Gasteiger partial charge in [-0.1, -0.05) is 71.9 Å². The molecule has 1 N–H and O–H groups in total. The van der Waals surface area contributed by atoms with E-state index in [1.807, 2.05) is 73.0 Å². The zero-order chi connectivity index (χ0) is 24.6. The average molecular weight is 491 g/mol. The summed E-state index contributed by atoms with van der Waals surface area (Å²) in [6.07, 6.45) is 0. The van der Waals surface area contributed by atoms with Crippen LogP contribution >= 0.6 is 11.8 Å². The molecule has 1 heterocycles. The Morgan fingerprint density at radius 3 is 2.43 bits per heavy atom. The lowest BCUT2D eigenvalue weighted by Gasteiger charge is -2.16. The number of carbonyl (C=O) groups excluding carboxylic acids is 1. The molecule has 0 aliphatic carbocycles. The number of aromatic nitrogens is 3. The van der Waals surface area contributed by atoms with E-state index in [-0.39, 0.29) is 18.3 Å². The van der Waals surface area contributed by atoms with Gasteiger partial charge >= 0.3 is 0 Å². The third-order valence-corrected chi connectivity index (χ3v) is 6.34. The van der Waals surface area contributed by atoms with E-state index in [2.05, 4.69) is 15.5 Å². The number of halogens is 1. The van der Waals surface area contributed by atoms with Gasteiger partial charge in [0.25, 0.3) is 0 Å². The Morgan fingerprint density at radius 2 is 1.71 bits per heavy atom. The molecule has 1 aromatic heterocycles. The standard InChI is InChI=1S/C27H27FN4O2S/c1-19-8-14-24(15-9-19)32-26(30-31-27(32)35-18-22-10-12-23(28)13-11-22)20(2)29-25(33)17-34-16-21-6-4-3-5-7-21/h3-15,20H,16-18H2,1-2H3,(H,29,33). The predicted molar refractivity (Wildman–Crippen MR) is 135 cm³/mol. The Kier molecular flexibility index (Phi) is 8.28. The molecule has 0 aliphatic rings. The van der Waals surface area contributed by atoms with Crippen molar-refractivity contribution in [3.05, 3.63) is 107 Å².